The second-order valence-corrected chi connectivity index (χ2v) is 10.8. The number of aryl methyl sites for hydroxylation is 2. The highest BCUT2D eigenvalue weighted by Crippen LogP contribution is 2.34. The third kappa shape index (κ3) is 3.98. The number of anilines is 1. The number of amides is 1. The van der Waals surface area contributed by atoms with Crippen molar-refractivity contribution in [2.75, 3.05) is 11.1 Å². The molecule has 0 radical (unpaired) electrons. The number of imidazole rings is 1. The number of hydrogen-bond acceptors (Lipinski definition) is 7. The highest BCUT2D eigenvalue weighted by molar-refractivity contribution is 7.99. The minimum absolute atomic E-state index is 0.0582. The van der Waals surface area contributed by atoms with Gasteiger partial charge in [0.25, 0.3) is 5.56 Å². The molecule has 166 valence electrons. The molecule has 0 spiro atoms. The average molecular weight is 494 g/mol. The standard InChI is InChI=1S/C23H19N5O2S3/c29-19(24-14-6-4-13(5-7-14)16-10-28-8-9-32-23(28)25-16)12-31-11-18-26-21(30)20-15-2-1-3-17(15)33-22(20)27-18/h4-10H,1-3,11-12H2,(H,24,29)(H,26,27,30). The van der Waals surface area contributed by atoms with E-state index in [1.807, 2.05) is 46.4 Å². The number of carbonyl (C=O) groups is 1. The SMILES string of the molecule is O=C(CSCc1nc2sc3c(c2c(=O)[nH]1)CCC3)Nc1ccc(-c2cn3ccsc3n2)cc1. The van der Waals surface area contributed by atoms with Crippen molar-refractivity contribution >= 4 is 61.2 Å². The maximum Gasteiger partial charge on any atom is 0.259 e. The number of fused-ring (bicyclic) bond motifs is 4. The molecule has 33 heavy (non-hydrogen) atoms. The molecule has 7 nitrogen and oxygen atoms in total. The molecule has 1 aliphatic carbocycles. The zero-order valence-electron chi connectivity index (χ0n) is 17.5. The first-order chi connectivity index (χ1) is 16.1. The van der Waals surface area contributed by atoms with Gasteiger partial charge in [0.15, 0.2) is 4.96 Å². The van der Waals surface area contributed by atoms with Crippen LogP contribution in [0, 0.1) is 0 Å². The van der Waals surface area contributed by atoms with Crippen molar-refractivity contribution in [3.05, 3.63) is 68.7 Å². The molecule has 0 aliphatic heterocycles. The van der Waals surface area contributed by atoms with Crippen molar-refractivity contribution in [3.8, 4) is 11.3 Å². The zero-order chi connectivity index (χ0) is 22.4. The van der Waals surface area contributed by atoms with Gasteiger partial charge in [0, 0.05) is 33.9 Å². The van der Waals surface area contributed by atoms with Crippen LogP contribution in [0.1, 0.15) is 22.7 Å². The number of thiazole rings is 1. The van der Waals surface area contributed by atoms with Crippen molar-refractivity contribution in [1.82, 2.24) is 19.4 Å². The fourth-order valence-corrected chi connectivity index (χ4v) is 6.81. The van der Waals surface area contributed by atoms with E-state index < -0.39 is 0 Å². The number of H-pyrrole nitrogens is 1. The van der Waals surface area contributed by atoms with E-state index in [9.17, 15) is 9.59 Å². The first kappa shape index (κ1) is 20.6. The molecule has 1 aromatic carbocycles. The van der Waals surface area contributed by atoms with Gasteiger partial charge in [0.2, 0.25) is 5.91 Å². The number of aromatic amines is 1. The highest BCUT2D eigenvalue weighted by Gasteiger charge is 2.21. The van der Waals surface area contributed by atoms with E-state index in [1.54, 1.807) is 22.7 Å². The summed E-state index contributed by atoms with van der Waals surface area (Å²) in [7, 11) is 0. The zero-order valence-corrected chi connectivity index (χ0v) is 19.9. The molecule has 6 rings (SSSR count). The number of aromatic nitrogens is 4. The molecule has 1 aliphatic rings. The number of nitrogens with one attached hydrogen (secondary N) is 2. The summed E-state index contributed by atoms with van der Waals surface area (Å²) in [5.74, 6) is 1.29. The van der Waals surface area contributed by atoms with Crippen LogP contribution in [0.15, 0.2) is 46.8 Å². The normalized spacial score (nSPS) is 13.1. The summed E-state index contributed by atoms with van der Waals surface area (Å²) in [4.78, 5) is 40.1. The lowest BCUT2D eigenvalue weighted by Gasteiger charge is -2.06. The fraction of sp³-hybridized carbons (Fsp3) is 0.217. The summed E-state index contributed by atoms with van der Waals surface area (Å²) >= 11 is 4.66. The van der Waals surface area contributed by atoms with Crippen LogP contribution >= 0.6 is 34.4 Å². The van der Waals surface area contributed by atoms with Crippen molar-refractivity contribution in [3.63, 3.8) is 0 Å². The Morgan fingerprint density at radius 3 is 2.94 bits per heavy atom. The quantitative estimate of drug-likeness (QED) is 0.357. The first-order valence-electron chi connectivity index (χ1n) is 10.6. The third-order valence-corrected chi connectivity index (χ3v) is 8.55. The Kier molecular flexibility index (Phi) is 5.28. The molecular formula is C23H19N5O2S3. The van der Waals surface area contributed by atoms with Crippen molar-refractivity contribution < 1.29 is 4.79 Å². The molecule has 0 bridgehead atoms. The Morgan fingerprint density at radius 2 is 2.09 bits per heavy atom. The molecule has 5 aromatic rings. The fourth-order valence-electron chi connectivity index (χ4n) is 4.14. The second-order valence-electron chi connectivity index (χ2n) is 7.89. The summed E-state index contributed by atoms with van der Waals surface area (Å²) in [6.45, 7) is 0. The lowest BCUT2D eigenvalue weighted by molar-refractivity contribution is -0.113. The van der Waals surface area contributed by atoms with Gasteiger partial charge >= 0.3 is 0 Å². The second kappa shape index (κ2) is 8.44. The Morgan fingerprint density at radius 1 is 1.21 bits per heavy atom. The van der Waals surface area contributed by atoms with Crippen LogP contribution < -0.4 is 10.9 Å². The predicted octanol–water partition coefficient (Wildman–Crippen LogP) is 4.72. The first-order valence-corrected chi connectivity index (χ1v) is 13.4. The van der Waals surface area contributed by atoms with Crippen LogP contribution in [0.3, 0.4) is 0 Å². The lowest BCUT2D eigenvalue weighted by atomic mass is 10.1. The number of nitrogens with zero attached hydrogens (tertiary/aromatic N) is 3. The molecule has 1 amide bonds. The van der Waals surface area contributed by atoms with Gasteiger partial charge < -0.3 is 10.3 Å². The molecule has 4 aromatic heterocycles. The average Bonchev–Trinajstić information content (AvgIpc) is 3.54. The van der Waals surface area contributed by atoms with Crippen LogP contribution in [0.5, 0.6) is 0 Å². The number of carbonyl (C=O) groups excluding carboxylic acids is 1. The van der Waals surface area contributed by atoms with Gasteiger partial charge in [-0.2, -0.15) is 0 Å². The van der Waals surface area contributed by atoms with E-state index >= 15 is 0 Å². The van der Waals surface area contributed by atoms with E-state index in [0.29, 0.717) is 11.6 Å². The number of rotatable bonds is 6. The molecule has 4 heterocycles. The van der Waals surface area contributed by atoms with E-state index in [1.165, 1.54) is 22.2 Å². The minimum atomic E-state index is -0.0891. The summed E-state index contributed by atoms with van der Waals surface area (Å²) < 4.78 is 2.00. The molecule has 0 saturated heterocycles. The van der Waals surface area contributed by atoms with Gasteiger partial charge in [0.1, 0.15) is 10.7 Å². The topological polar surface area (TPSA) is 92.1 Å². The lowest BCUT2D eigenvalue weighted by Crippen LogP contribution is -2.15. The van der Waals surface area contributed by atoms with Crippen LogP contribution in [0.2, 0.25) is 0 Å². The van der Waals surface area contributed by atoms with Gasteiger partial charge in [0.05, 0.1) is 22.6 Å². The van der Waals surface area contributed by atoms with E-state index in [0.717, 1.165) is 51.4 Å². The molecule has 10 heteroatoms. The predicted molar refractivity (Wildman–Crippen MR) is 136 cm³/mol. The van der Waals surface area contributed by atoms with Crippen LogP contribution in [-0.2, 0) is 23.4 Å². The van der Waals surface area contributed by atoms with Crippen molar-refractivity contribution in [2.24, 2.45) is 0 Å². The summed E-state index contributed by atoms with van der Waals surface area (Å²) in [5, 5.41) is 5.69. The highest BCUT2D eigenvalue weighted by atomic mass is 32.2. The summed E-state index contributed by atoms with van der Waals surface area (Å²) in [6.07, 6.45) is 7.11. The third-order valence-electron chi connectivity index (χ3n) is 5.65. The summed E-state index contributed by atoms with van der Waals surface area (Å²) in [5.41, 5.74) is 3.78. The molecule has 2 N–H and O–H groups in total. The van der Waals surface area contributed by atoms with Crippen molar-refractivity contribution in [2.45, 2.75) is 25.0 Å². The maximum atomic E-state index is 12.5. The van der Waals surface area contributed by atoms with Crippen molar-refractivity contribution in [1.29, 1.82) is 0 Å². The van der Waals surface area contributed by atoms with E-state index in [-0.39, 0.29) is 17.2 Å². The van der Waals surface area contributed by atoms with Crippen LogP contribution in [0.25, 0.3) is 26.4 Å². The number of thioether (sulfide) groups is 1. The van der Waals surface area contributed by atoms with Gasteiger partial charge in [-0.1, -0.05) is 12.1 Å². The largest absolute Gasteiger partial charge is 0.325 e. The number of benzene rings is 1. The Bertz CT molecular complexity index is 1520. The van der Waals surface area contributed by atoms with Gasteiger partial charge in [-0.25, -0.2) is 9.97 Å². The number of hydrogen-bond donors (Lipinski definition) is 2. The van der Waals surface area contributed by atoms with E-state index in [2.05, 4.69) is 20.3 Å². The molecule has 0 saturated carbocycles. The Hall–Kier alpha value is -2.95. The van der Waals surface area contributed by atoms with Gasteiger partial charge in [-0.15, -0.1) is 34.4 Å². The monoisotopic (exact) mass is 493 g/mol. The molecule has 0 fully saturated rings. The Balaban J connectivity index is 1.06. The number of thiophene rings is 1. The Labute approximate surface area is 200 Å². The van der Waals surface area contributed by atoms with E-state index in [4.69, 9.17) is 0 Å². The van der Waals surface area contributed by atoms with Crippen LogP contribution in [-0.4, -0.2) is 31.0 Å². The molecule has 0 unspecified atom stereocenters. The minimum Gasteiger partial charge on any atom is -0.325 e. The maximum absolute atomic E-state index is 12.5. The van der Waals surface area contributed by atoms with Gasteiger partial charge in [-0.3, -0.25) is 14.0 Å². The molecular weight excluding hydrogens is 474 g/mol. The van der Waals surface area contributed by atoms with Crippen LogP contribution in [0.4, 0.5) is 5.69 Å². The smallest absolute Gasteiger partial charge is 0.259 e. The summed E-state index contributed by atoms with van der Waals surface area (Å²) in [6, 6.07) is 7.68. The molecule has 0 atom stereocenters. The van der Waals surface area contributed by atoms with Gasteiger partial charge in [-0.05, 0) is 37.0 Å².